The zero-order valence-corrected chi connectivity index (χ0v) is 7.06. The Morgan fingerprint density at radius 1 is 1.75 bits per heavy atom. The van der Waals surface area contributed by atoms with E-state index >= 15 is 0 Å². The first-order valence-electron chi connectivity index (χ1n) is 3.41. The molecule has 0 saturated heterocycles. The Bertz CT molecular complexity index is 296. The van der Waals surface area contributed by atoms with Crippen LogP contribution in [0.1, 0.15) is 11.3 Å². The van der Waals surface area contributed by atoms with E-state index in [1.807, 2.05) is 0 Å². The van der Waals surface area contributed by atoms with Crippen LogP contribution in [-0.2, 0) is 17.8 Å². The lowest BCUT2D eigenvalue weighted by atomic mass is 10.2. The fourth-order valence-electron chi connectivity index (χ4n) is 0.938. The molecule has 0 atom stereocenters. The summed E-state index contributed by atoms with van der Waals surface area (Å²) in [4.78, 5) is 13.0. The summed E-state index contributed by atoms with van der Waals surface area (Å²) in [6.45, 7) is 0.314. The Morgan fingerprint density at radius 3 is 2.83 bits per heavy atom. The van der Waals surface area contributed by atoms with Crippen LogP contribution >= 0.6 is 11.6 Å². The molecule has 0 saturated carbocycles. The second-order valence-electron chi connectivity index (χ2n) is 2.41. The van der Waals surface area contributed by atoms with E-state index in [4.69, 9.17) is 22.4 Å². The number of H-pyrrole nitrogens is 1. The fourth-order valence-corrected chi connectivity index (χ4v) is 1.19. The molecule has 0 amide bonds. The predicted molar refractivity (Wildman–Crippen MR) is 45.0 cm³/mol. The second kappa shape index (κ2) is 3.60. The highest BCUT2D eigenvalue weighted by Crippen LogP contribution is 2.15. The minimum absolute atomic E-state index is 0.0558. The zero-order chi connectivity index (χ0) is 9.14. The number of nitrogens with one attached hydrogen (secondary N) is 1. The van der Waals surface area contributed by atoms with Gasteiger partial charge in [-0.3, -0.25) is 4.79 Å². The lowest BCUT2D eigenvalue weighted by molar-refractivity contribution is -0.136. The number of rotatable bonds is 3. The van der Waals surface area contributed by atoms with Gasteiger partial charge in [-0.25, -0.2) is 0 Å². The highest BCUT2D eigenvalue weighted by atomic mass is 35.5. The molecule has 1 aromatic heterocycles. The van der Waals surface area contributed by atoms with Gasteiger partial charge in [0, 0.05) is 17.8 Å². The molecule has 0 bridgehead atoms. The van der Waals surface area contributed by atoms with Crippen molar-refractivity contribution in [3.63, 3.8) is 0 Å². The molecule has 12 heavy (non-hydrogen) atoms. The summed E-state index contributed by atoms with van der Waals surface area (Å²) in [5.74, 6) is -0.892. The van der Waals surface area contributed by atoms with Gasteiger partial charge < -0.3 is 15.8 Å². The average Bonchev–Trinajstić information content (AvgIpc) is 2.29. The normalized spacial score (nSPS) is 10.2. The van der Waals surface area contributed by atoms with E-state index in [2.05, 4.69) is 4.98 Å². The van der Waals surface area contributed by atoms with E-state index in [0.29, 0.717) is 17.4 Å². The van der Waals surface area contributed by atoms with Crippen LogP contribution in [0.25, 0.3) is 0 Å². The van der Waals surface area contributed by atoms with Gasteiger partial charge in [-0.1, -0.05) is 11.6 Å². The second-order valence-corrected chi connectivity index (χ2v) is 2.79. The summed E-state index contributed by atoms with van der Waals surface area (Å²) < 4.78 is 0. The van der Waals surface area contributed by atoms with E-state index in [1.54, 1.807) is 6.07 Å². The predicted octanol–water partition coefficient (Wildman–Crippen LogP) is 0.754. The maximum Gasteiger partial charge on any atom is 0.309 e. The number of hydrogen-bond acceptors (Lipinski definition) is 2. The molecule has 4 nitrogen and oxygen atoms in total. The molecule has 5 heteroatoms. The van der Waals surface area contributed by atoms with Gasteiger partial charge in [0.2, 0.25) is 0 Å². The number of aliphatic carboxylic acids is 1. The van der Waals surface area contributed by atoms with Gasteiger partial charge in [0.15, 0.2) is 0 Å². The minimum Gasteiger partial charge on any atom is -0.481 e. The largest absolute Gasteiger partial charge is 0.481 e. The zero-order valence-electron chi connectivity index (χ0n) is 6.30. The van der Waals surface area contributed by atoms with Crippen LogP contribution in [0.4, 0.5) is 0 Å². The van der Waals surface area contributed by atoms with Crippen molar-refractivity contribution in [2.24, 2.45) is 5.73 Å². The lowest BCUT2D eigenvalue weighted by Gasteiger charge is -1.87. The molecular formula is C7H9ClN2O2. The number of carboxylic acid groups (broad SMARTS) is 1. The first kappa shape index (κ1) is 9.09. The number of nitrogens with two attached hydrogens (primary N) is 1. The summed E-state index contributed by atoms with van der Waals surface area (Å²) in [7, 11) is 0. The topological polar surface area (TPSA) is 79.1 Å². The van der Waals surface area contributed by atoms with Crippen molar-refractivity contribution in [3.8, 4) is 0 Å². The minimum atomic E-state index is -0.892. The highest BCUT2D eigenvalue weighted by molar-refractivity contribution is 6.30. The fraction of sp³-hybridized carbons (Fsp3) is 0.286. The Labute approximate surface area is 74.3 Å². The van der Waals surface area contributed by atoms with Crippen molar-refractivity contribution in [2.45, 2.75) is 13.0 Å². The first-order chi connectivity index (χ1) is 5.63. The molecule has 0 aliphatic heterocycles. The Balaban J connectivity index is 2.82. The van der Waals surface area contributed by atoms with Gasteiger partial charge in [-0.05, 0) is 6.07 Å². The molecule has 1 aromatic rings. The summed E-state index contributed by atoms with van der Waals surface area (Å²) >= 11 is 5.70. The summed E-state index contributed by atoms with van der Waals surface area (Å²) in [5, 5.41) is 8.87. The summed E-state index contributed by atoms with van der Waals surface area (Å²) in [6.07, 6.45) is -0.0558. The van der Waals surface area contributed by atoms with Gasteiger partial charge in [0.05, 0.1) is 6.42 Å². The van der Waals surface area contributed by atoms with E-state index < -0.39 is 5.97 Å². The Kier molecular flexibility index (Phi) is 2.73. The van der Waals surface area contributed by atoms with E-state index in [9.17, 15) is 4.79 Å². The van der Waals surface area contributed by atoms with Crippen molar-refractivity contribution >= 4 is 17.6 Å². The SMILES string of the molecule is NCc1cc(CC(=O)O)[nH]c1Cl. The average molecular weight is 189 g/mol. The van der Waals surface area contributed by atoms with Crippen molar-refractivity contribution in [1.29, 1.82) is 0 Å². The third kappa shape index (κ3) is 1.99. The quantitative estimate of drug-likeness (QED) is 0.655. The molecule has 0 aliphatic carbocycles. The van der Waals surface area contributed by atoms with Crippen LogP contribution in [0.15, 0.2) is 6.07 Å². The van der Waals surface area contributed by atoms with Gasteiger partial charge in [0.25, 0.3) is 0 Å². The van der Waals surface area contributed by atoms with Crippen LogP contribution in [0.2, 0.25) is 5.15 Å². The molecule has 1 heterocycles. The van der Waals surface area contributed by atoms with E-state index in [1.165, 1.54) is 0 Å². The van der Waals surface area contributed by atoms with Crippen molar-refractivity contribution in [3.05, 3.63) is 22.5 Å². The number of aromatic amines is 1. The molecule has 4 N–H and O–H groups in total. The van der Waals surface area contributed by atoms with Gasteiger partial charge >= 0.3 is 5.97 Å². The van der Waals surface area contributed by atoms with Crippen LogP contribution in [0.3, 0.4) is 0 Å². The molecular weight excluding hydrogens is 180 g/mol. The van der Waals surface area contributed by atoms with Crippen LogP contribution < -0.4 is 5.73 Å². The third-order valence-electron chi connectivity index (χ3n) is 1.46. The van der Waals surface area contributed by atoms with E-state index in [-0.39, 0.29) is 6.42 Å². The van der Waals surface area contributed by atoms with Crippen LogP contribution in [0.5, 0.6) is 0 Å². The molecule has 0 spiro atoms. The van der Waals surface area contributed by atoms with Crippen LogP contribution in [0, 0.1) is 0 Å². The number of carboxylic acids is 1. The number of halogens is 1. The monoisotopic (exact) mass is 188 g/mol. The third-order valence-corrected chi connectivity index (χ3v) is 1.80. The molecule has 0 unspecified atom stereocenters. The molecule has 1 rings (SSSR count). The summed E-state index contributed by atoms with van der Waals surface area (Å²) in [6, 6.07) is 1.66. The van der Waals surface area contributed by atoms with Gasteiger partial charge in [-0.15, -0.1) is 0 Å². The Hall–Kier alpha value is -1.00. The lowest BCUT2D eigenvalue weighted by Crippen LogP contribution is -1.99. The molecule has 66 valence electrons. The first-order valence-corrected chi connectivity index (χ1v) is 3.79. The standard InChI is InChI=1S/C7H9ClN2O2/c8-7-4(3-9)1-5(10-7)2-6(11)12/h1,10H,2-3,9H2,(H,11,12). The van der Waals surface area contributed by atoms with Crippen molar-refractivity contribution < 1.29 is 9.90 Å². The Morgan fingerprint density at radius 2 is 2.42 bits per heavy atom. The van der Waals surface area contributed by atoms with Crippen LogP contribution in [-0.4, -0.2) is 16.1 Å². The molecule has 0 aromatic carbocycles. The molecule has 0 radical (unpaired) electrons. The highest BCUT2D eigenvalue weighted by Gasteiger charge is 2.06. The molecule has 0 aliphatic rings. The van der Waals surface area contributed by atoms with Crippen molar-refractivity contribution in [1.82, 2.24) is 4.98 Å². The maximum atomic E-state index is 10.3. The number of hydrogen-bond donors (Lipinski definition) is 3. The van der Waals surface area contributed by atoms with Crippen molar-refractivity contribution in [2.75, 3.05) is 0 Å². The number of carbonyl (C=O) groups is 1. The summed E-state index contributed by atoms with van der Waals surface area (Å²) in [5.41, 5.74) is 6.66. The smallest absolute Gasteiger partial charge is 0.309 e. The van der Waals surface area contributed by atoms with Gasteiger partial charge in [-0.2, -0.15) is 0 Å². The molecule has 0 fully saturated rings. The van der Waals surface area contributed by atoms with E-state index in [0.717, 1.165) is 5.56 Å². The maximum absolute atomic E-state index is 10.3. The number of aromatic nitrogens is 1. The van der Waals surface area contributed by atoms with Gasteiger partial charge in [0.1, 0.15) is 5.15 Å².